The van der Waals surface area contributed by atoms with Crippen molar-refractivity contribution in [2.24, 2.45) is 5.73 Å². The average molecular weight is 381 g/mol. The number of ether oxygens (including phenoxy) is 1. The summed E-state index contributed by atoms with van der Waals surface area (Å²) in [5, 5.41) is 15.9. The van der Waals surface area contributed by atoms with E-state index in [0.717, 1.165) is 16.6 Å². The second kappa shape index (κ2) is 7.06. The van der Waals surface area contributed by atoms with Gasteiger partial charge in [0.2, 0.25) is 0 Å². The van der Waals surface area contributed by atoms with Crippen LogP contribution in [0.1, 0.15) is 12.8 Å². The number of nitrogens with one attached hydrogen (secondary N) is 1. The number of unbranched alkanes of at least 4 members (excludes halogenated alkanes) is 1. The maximum Gasteiger partial charge on any atom is 0.404 e. The lowest BCUT2D eigenvalue weighted by Gasteiger charge is -2.03. The summed E-state index contributed by atoms with van der Waals surface area (Å²) in [5.74, 6) is 0.527. The van der Waals surface area contributed by atoms with Crippen molar-refractivity contribution >= 4 is 33.8 Å². The maximum atomic E-state index is 10.6. The van der Waals surface area contributed by atoms with Crippen LogP contribution in [0.4, 0.5) is 10.6 Å². The lowest BCUT2D eigenvalue weighted by atomic mass is 10.2. The smallest absolute Gasteiger partial charge is 0.404 e. The predicted molar refractivity (Wildman–Crippen MR) is 103 cm³/mol. The number of aromatic nitrogens is 5. The molecule has 0 aliphatic heterocycles. The highest BCUT2D eigenvalue weighted by molar-refractivity contribution is 5.99. The minimum Gasteiger partial charge on any atom is -0.508 e. The summed E-state index contributed by atoms with van der Waals surface area (Å²) >= 11 is 0. The zero-order valence-electron chi connectivity index (χ0n) is 14.9. The molecule has 10 nitrogen and oxygen atoms in total. The van der Waals surface area contributed by atoms with Gasteiger partial charge in [-0.3, -0.25) is 0 Å². The van der Waals surface area contributed by atoms with Crippen molar-refractivity contribution in [1.82, 2.24) is 24.7 Å². The number of aryl methyl sites for hydroxylation is 1. The van der Waals surface area contributed by atoms with Crippen molar-refractivity contribution in [3.63, 3.8) is 0 Å². The number of carbonyl (C=O) groups is 1. The Balaban J connectivity index is 1.68. The number of H-pyrrole nitrogens is 1. The molecule has 4 rings (SSSR count). The molecular formula is C18H19N7O3. The van der Waals surface area contributed by atoms with E-state index in [2.05, 4.69) is 20.1 Å². The molecule has 0 saturated carbocycles. The van der Waals surface area contributed by atoms with Gasteiger partial charge in [0, 0.05) is 17.4 Å². The van der Waals surface area contributed by atoms with Crippen LogP contribution in [0, 0.1) is 0 Å². The van der Waals surface area contributed by atoms with E-state index in [-0.39, 0.29) is 12.4 Å². The number of aromatic hydroxyl groups is 1. The van der Waals surface area contributed by atoms with E-state index in [1.807, 2.05) is 6.07 Å². The summed E-state index contributed by atoms with van der Waals surface area (Å²) in [5.41, 5.74) is 13.9. The van der Waals surface area contributed by atoms with Gasteiger partial charge in [0.25, 0.3) is 0 Å². The summed E-state index contributed by atoms with van der Waals surface area (Å²) in [6, 6.07) is 6.98. The van der Waals surface area contributed by atoms with Crippen LogP contribution >= 0.6 is 0 Å². The fraction of sp³-hybridized carbons (Fsp3) is 0.222. The number of nitrogens with zero attached hydrogens (tertiary/aromatic N) is 4. The lowest BCUT2D eigenvalue weighted by Crippen LogP contribution is -2.14. The number of aromatic amines is 1. The number of phenols is 1. The molecule has 0 spiro atoms. The molecule has 3 heterocycles. The molecule has 0 unspecified atom stereocenters. The summed E-state index contributed by atoms with van der Waals surface area (Å²) in [4.78, 5) is 22.3. The van der Waals surface area contributed by atoms with E-state index in [1.54, 1.807) is 22.9 Å². The molecule has 144 valence electrons. The first-order valence-electron chi connectivity index (χ1n) is 8.74. The fourth-order valence-corrected chi connectivity index (χ4v) is 3.16. The van der Waals surface area contributed by atoms with Gasteiger partial charge in [0.15, 0.2) is 5.65 Å². The molecule has 3 aromatic heterocycles. The fourth-order valence-electron chi connectivity index (χ4n) is 3.16. The Labute approximate surface area is 159 Å². The van der Waals surface area contributed by atoms with E-state index in [1.165, 1.54) is 6.33 Å². The Kier molecular flexibility index (Phi) is 4.44. The Hall–Kier alpha value is -3.82. The Bertz CT molecular complexity index is 1160. The number of hydrogen-bond acceptors (Lipinski definition) is 7. The number of nitrogens with two attached hydrogens (primary N) is 2. The largest absolute Gasteiger partial charge is 0.508 e. The third-order valence-electron chi connectivity index (χ3n) is 4.43. The summed E-state index contributed by atoms with van der Waals surface area (Å²) in [6.07, 6.45) is 1.98. The van der Waals surface area contributed by atoms with Crippen LogP contribution in [0.2, 0.25) is 0 Å². The zero-order chi connectivity index (χ0) is 19.7. The van der Waals surface area contributed by atoms with Crippen LogP contribution in [0.15, 0.2) is 30.6 Å². The van der Waals surface area contributed by atoms with Crippen molar-refractivity contribution < 1.29 is 14.6 Å². The summed E-state index contributed by atoms with van der Waals surface area (Å²) < 4.78 is 6.50. The number of rotatable bonds is 6. The molecular weight excluding hydrogens is 362 g/mol. The number of anilines is 1. The van der Waals surface area contributed by atoms with E-state index in [0.29, 0.717) is 41.9 Å². The van der Waals surface area contributed by atoms with Gasteiger partial charge < -0.3 is 26.3 Å². The number of phenolic OH excluding ortho intramolecular Hbond substituents is 1. The molecule has 6 N–H and O–H groups in total. The number of fused-ring (bicyclic) bond motifs is 2. The van der Waals surface area contributed by atoms with Crippen molar-refractivity contribution in [3.05, 3.63) is 30.6 Å². The van der Waals surface area contributed by atoms with Gasteiger partial charge in [-0.2, -0.15) is 5.10 Å². The molecule has 0 aliphatic rings. The topological polar surface area (TPSA) is 158 Å². The summed E-state index contributed by atoms with van der Waals surface area (Å²) in [6.45, 7) is 0.820. The zero-order valence-corrected chi connectivity index (χ0v) is 14.9. The van der Waals surface area contributed by atoms with Crippen molar-refractivity contribution in [2.75, 3.05) is 12.3 Å². The number of nitrogen functional groups attached to an aromatic ring is 1. The first-order chi connectivity index (χ1) is 13.5. The number of benzene rings is 1. The van der Waals surface area contributed by atoms with Crippen LogP contribution in [-0.2, 0) is 11.3 Å². The molecule has 1 amide bonds. The van der Waals surface area contributed by atoms with Crippen LogP contribution in [0.25, 0.3) is 33.3 Å². The molecule has 0 aliphatic carbocycles. The van der Waals surface area contributed by atoms with Crippen molar-refractivity contribution in [3.8, 4) is 17.1 Å². The highest BCUT2D eigenvalue weighted by atomic mass is 16.5. The molecule has 4 aromatic rings. The van der Waals surface area contributed by atoms with Crippen LogP contribution in [0.3, 0.4) is 0 Å². The highest BCUT2D eigenvalue weighted by Gasteiger charge is 2.18. The Morgan fingerprint density at radius 1 is 1.25 bits per heavy atom. The highest BCUT2D eigenvalue weighted by Crippen LogP contribution is 2.32. The maximum absolute atomic E-state index is 10.6. The van der Waals surface area contributed by atoms with E-state index in [4.69, 9.17) is 16.2 Å². The van der Waals surface area contributed by atoms with E-state index >= 15 is 0 Å². The van der Waals surface area contributed by atoms with Gasteiger partial charge in [-0.25, -0.2) is 19.4 Å². The second-order valence-corrected chi connectivity index (χ2v) is 6.36. The standard InChI is InChI=1S/C18H19N7O3/c19-16-14-15(13-8-10-7-11(26)3-4-12(10)23-13)24-25(17(14)22-9-21-16)5-1-2-6-28-18(20)27/h3-4,7-9,23,26H,1-2,5-6H2,(H2,20,27)(H2,19,21,22). The lowest BCUT2D eigenvalue weighted by molar-refractivity contribution is 0.154. The molecule has 10 heteroatoms. The van der Waals surface area contributed by atoms with E-state index < -0.39 is 6.09 Å². The molecule has 0 radical (unpaired) electrons. The Morgan fingerprint density at radius 3 is 2.93 bits per heavy atom. The third kappa shape index (κ3) is 3.27. The monoisotopic (exact) mass is 381 g/mol. The van der Waals surface area contributed by atoms with E-state index in [9.17, 15) is 9.90 Å². The van der Waals surface area contributed by atoms with Crippen molar-refractivity contribution in [1.29, 1.82) is 0 Å². The molecule has 1 aromatic carbocycles. The van der Waals surface area contributed by atoms with Crippen LogP contribution in [-0.4, -0.2) is 42.5 Å². The van der Waals surface area contributed by atoms with Gasteiger partial charge in [0.1, 0.15) is 23.6 Å². The van der Waals surface area contributed by atoms with Gasteiger partial charge >= 0.3 is 6.09 Å². The molecule has 0 bridgehead atoms. The predicted octanol–water partition coefficient (Wildman–Crippen LogP) is 2.14. The van der Waals surface area contributed by atoms with Gasteiger partial charge in [-0.05, 0) is 37.1 Å². The SMILES string of the molecule is NC(=O)OCCCCn1nc(-c2cc3cc(O)ccc3[nH]2)c2c(N)ncnc21. The third-order valence-corrected chi connectivity index (χ3v) is 4.43. The quantitative estimate of drug-likeness (QED) is 0.372. The van der Waals surface area contributed by atoms with Crippen LogP contribution < -0.4 is 11.5 Å². The number of carbonyl (C=O) groups excluding carboxylic acids is 1. The summed E-state index contributed by atoms with van der Waals surface area (Å²) in [7, 11) is 0. The van der Waals surface area contributed by atoms with Gasteiger partial charge in [-0.15, -0.1) is 0 Å². The minimum atomic E-state index is -0.780. The molecule has 0 fully saturated rings. The van der Waals surface area contributed by atoms with Gasteiger partial charge in [-0.1, -0.05) is 0 Å². The number of amides is 1. The minimum absolute atomic E-state index is 0.189. The molecule has 0 saturated heterocycles. The number of primary amides is 1. The molecule has 0 atom stereocenters. The number of hydrogen-bond donors (Lipinski definition) is 4. The molecule has 28 heavy (non-hydrogen) atoms. The van der Waals surface area contributed by atoms with Crippen molar-refractivity contribution in [2.45, 2.75) is 19.4 Å². The van der Waals surface area contributed by atoms with Gasteiger partial charge in [0.05, 0.1) is 17.7 Å². The normalized spacial score (nSPS) is 11.3. The van der Waals surface area contributed by atoms with Crippen LogP contribution in [0.5, 0.6) is 5.75 Å². The second-order valence-electron chi connectivity index (χ2n) is 6.36. The Morgan fingerprint density at radius 2 is 2.11 bits per heavy atom. The first kappa shape index (κ1) is 17.6. The first-order valence-corrected chi connectivity index (χ1v) is 8.74. The average Bonchev–Trinajstić information content (AvgIpc) is 3.23.